The van der Waals surface area contributed by atoms with E-state index < -0.39 is 0 Å². The fourth-order valence-electron chi connectivity index (χ4n) is 9.78. The van der Waals surface area contributed by atoms with Gasteiger partial charge in [0.2, 0.25) is 0 Å². The molecule has 65 heavy (non-hydrogen) atoms. The van der Waals surface area contributed by atoms with Crippen molar-refractivity contribution in [3.8, 4) is 51.3 Å². The molecule has 9 rings (SSSR count). The molecule has 0 fully saturated rings. The fourth-order valence-corrected chi connectivity index (χ4v) is 9.78. The Balaban J connectivity index is 1.07. The largest absolute Gasteiger partial charge is 0.493 e. The first-order chi connectivity index (χ1) is 32.2. The average molecular weight is 867 g/mol. The van der Waals surface area contributed by atoms with Crippen molar-refractivity contribution < 1.29 is 4.74 Å². The van der Waals surface area contributed by atoms with Crippen LogP contribution >= 0.6 is 0 Å². The van der Waals surface area contributed by atoms with Gasteiger partial charge in [-0.1, -0.05) is 214 Å². The molecule has 2 aliphatic heterocycles. The highest BCUT2D eigenvalue weighted by Gasteiger charge is 2.23. The molecule has 0 spiro atoms. The monoisotopic (exact) mass is 867 g/mol. The van der Waals surface area contributed by atoms with E-state index in [1.165, 1.54) is 128 Å². The number of benzene rings is 4. The van der Waals surface area contributed by atoms with Gasteiger partial charge in [-0.25, -0.2) is 29.9 Å². The topological polar surface area (TPSA) is 118 Å². The molecule has 0 radical (unpaired) electrons. The summed E-state index contributed by atoms with van der Waals surface area (Å²) in [4.78, 5) is 38.3. The van der Waals surface area contributed by atoms with Crippen LogP contribution in [0.1, 0.15) is 142 Å². The Hall–Kier alpha value is -5.96. The highest BCUT2D eigenvalue weighted by molar-refractivity contribution is 6.08. The summed E-state index contributed by atoms with van der Waals surface area (Å²) in [6, 6.07) is 30.8. The molecule has 0 saturated heterocycles. The van der Waals surface area contributed by atoms with E-state index in [1.54, 1.807) is 0 Å². The number of rotatable bonds is 23. The van der Waals surface area contributed by atoms with Crippen molar-refractivity contribution in [2.45, 2.75) is 142 Å². The quantitative estimate of drug-likeness (QED) is 0.0615. The second kappa shape index (κ2) is 21.8. The Morgan fingerprint density at radius 3 is 1.22 bits per heavy atom. The van der Waals surface area contributed by atoms with Crippen LogP contribution in [0.2, 0.25) is 0 Å². The number of hydrogen-bond acceptors (Lipinski definition) is 7. The maximum atomic E-state index is 6.98. The zero-order chi connectivity index (χ0) is 44.2. The van der Waals surface area contributed by atoms with Gasteiger partial charge in [-0.2, -0.15) is 0 Å². The van der Waals surface area contributed by atoms with Crippen LogP contribution in [0.5, 0.6) is 5.75 Å². The zero-order valence-electron chi connectivity index (χ0n) is 38.7. The first-order valence-corrected chi connectivity index (χ1v) is 25.0. The van der Waals surface area contributed by atoms with Crippen LogP contribution in [0, 0.1) is 5.92 Å². The van der Waals surface area contributed by atoms with Gasteiger partial charge in [0.25, 0.3) is 0 Å². The van der Waals surface area contributed by atoms with Crippen LogP contribution in [0.4, 0.5) is 0 Å². The lowest BCUT2D eigenvalue weighted by molar-refractivity contribution is 0.226. The maximum Gasteiger partial charge on any atom is 0.164 e. The Morgan fingerprint density at radius 2 is 0.754 bits per heavy atom. The van der Waals surface area contributed by atoms with Gasteiger partial charge in [0, 0.05) is 38.4 Å². The highest BCUT2D eigenvalue weighted by atomic mass is 16.5. The minimum atomic E-state index is 0.494. The Bertz CT molecular complexity index is 2850. The van der Waals surface area contributed by atoms with Crippen molar-refractivity contribution in [1.82, 2.24) is 39.9 Å². The first kappa shape index (κ1) is 44.3. The molecule has 4 aromatic carbocycles. The van der Waals surface area contributed by atoms with Gasteiger partial charge in [0.15, 0.2) is 23.3 Å². The molecule has 9 nitrogen and oxygen atoms in total. The Kier molecular flexibility index (Phi) is 14.9. The summed E-state index contributed by atoms with van der Waals surface area (Å²) < 4.78 is 6.98. The second-order valence-electron chi connectivity index (χ2n) is 18.3. The van der Waals surface area contributed by atoms with Crippen LogP contribution in [-0.2, 0) is 0 Å². The molecule has 1 atom stereocenters. The second-order valence-corrected chi connectivity index (χ2v) is 18.3. The number of aromatic nitrogens is 8. The van der Waals surface area contributed by atoms with Gasteiger partial charge in [0.1, 0.15) is 28.3 Å². The van der Waals surface area contributed by atoms with E-state index in [2.05, 4.69) is 78.4 Å². The van der Waals surface area contributed by atoms with Crippen LogP contribution in [0.3, 0.4) is 0 Å². The van der Waals surface area contributed by atoms with Crippen molar-refractivity contribution in [3.05, 3.63) is 91.0 Å². The molecule has 5 heterocycles. The lowest BCUT2D eigenvalue weighted by Crippen LogP contribution is -2.12. The van der Waals surface area contributed by atoms with Gasteiger partial charge in [0.05, 0.1) is 12.0 Å². The van der Waals surface area contributed by atoms with Gasteiger partial charge >= 0.3 is 0 Å². The average Bonchev–Trinajstić information content (AvgIpc) is 4.08. The van der Waals surface area contributed by atoms with E-state index in [-0.39, 0.29) is 0 Å². The van der Waals surface area contributed by atoms with Crippen molar-refractivity contribution in [1.29, 1.82) is 0 Å². The van der Waals surface area contributed by atoms with E-state index in [4.69, 9.17) is 34.6 Å². The van der Waals surface area contributed by atoms with Gasteiger partial charge in [-0.3, -0.25) is 0 Å². The summed E-state index contributed by atoms with van der Waals surface area (Å²) in [5, 5.41) is 3.73. The van der Waals surface area contributed by atoms with E-state index >= 15 is 0 Å². The predicted molar refractivity (Wildman–Crippen MR) is 269 cm³/mol. The van der Waals surface area contributed by atoms with E-state index in [1.807, 2.05) is 36.4 Å². The molecule has 1 unspecified atom stereocenters. The summed E-state index contributed by atoms with van der Waals surface area (Å²) in [6.07, 6.45) is 26.6. The van der Waals surface area contributed by atoms with E-state index in [0.29, 0.717) is 58.4 Å². The highest BCUT2D eigenvalue weighted by Crippen LogP contribution is 2.38. The van der Waals surface area contributed by atoms with Crippen molar-refractivity contribution in [2.75, 3.05) is 6.61 Å². The molecule has 7 aromatic rings. The third kappa shape index (κ3) is 10.5. The van der Waals surface area contributed by atoms with E-state index in [9.17, 15) is 0 Å². The summed E-state index contributed by atoms with van der Waals surface area (Å²) in [5.41, 5.74) is 6.39. The predicted octanol–water partition coefficient (Wildman–Crippen LogP) is 15.7. The number of fused-ring (bicyclic) bond motifs is 20. The molecule has 0 saturated carbocycles. The minimum absolute atomic E-state index is 0.494. The Labute approximate surface area is 384 Å². The van der Waals surface area contributed by atoms with E-state index in [0.717, 1.165) is 49.5 Å². The standard InChI is InChI=1S/C56H66N8O/c1-3-5-7-9-11-13-14-16-18-20-29-39(28-19-17-15-12-10-8-6-4-2)38-65-47-37-27-36-46-48(47)56-63-54-45-35-26-25-34-44(45)52(61-54)59-50-41-31-22-21-30-40(41)49(57-50)58-51-42-32-23-24-33-43(42)53(60-51)62-55(46)64-56/h21-27,30-37,39H,3-20,28-29,38H2,1-2H3,(H2,57,58,59,60,61,62,63,64). The Morgan fingerprint density at radius 1 is 0.385 bits per heavy atom. The number of unbranched alkanes of at least 4 members (excludes halogenated alkanes) is 16. The molecular weight excluding hydrogens is 801 g/mol. The summed E-state index contributed by atoms with van der Waals surface area (Å²) in [6.45, 7) is 5.27. The number of nitrogens with zero attached hydrogens (tertiary/aromatic N) is 6. The molecule has 9 heteroatoms. The maximum absolute atomic E-state index is 6.98. The zero-order valence-corrected chi connectivity index (χ0v) is 38.7. The molecular formula is C56H66N8O. The summed E-state index contributed by atoms with van der Waals surface area (Å²) in [5.74, 6) is 3.67. The van der Waals surface area contributed by atoms with Crippen molar-refractivity contribution >= 4 is 44.1 Å². The minimum Gasteiger partial charge on any atom is -0.493 e. The lowest BCUT2D eigenvalue weighted by Gasteiger charge is -2.18. The third-order valence-corrected chi connectivity index (χ3v) is 13.4. The molecule has 3 aromatic heterocycles. The van der Waals surface area contributed by atoms with Crippen LogP contribution in [0.25, 0.3) is 89.7 Å². The smallest absolute Gasteiger partial charge is 0.164 e. The molecule has 0 amide bonds. The molecule has 336 valence electrons. The third-order valence-electron chi connectivity index (χ3n) is 13.4. The van der Waals surface area contributed by atoms with Crippen LogP contribution in [-0.4, -0.2) is 46.5 Å². The SMILES string of the molecule is CCCCCCCCCCCCC(CCCCCCCCCC)COc1cccc2c3nc4nc(nc5[nH]c(nc6nc(nc([nH]3)c12)-c1ccccc1-6)c1ccccc51)-c1ccccc1-4. The lowest BCUT2D eigenvalue weighted by atomic mass is 9.94. The van der Waals surface area contributed by atoms with Crippen molar-refractivity contribution in [3.63, 3.8) is 0 Å². The summed E-state index contributed by atoms with van der Waals surface area (Å²) in [7, 11) is 0. The molecule has 2 aliphatic rings. The summed E-state index contributed by atoms with van der Waals surface area (Å²) >= 11 is 0. The normalized spacial score (nSPS) is 12.5. The van der Waals surface area contributed by atoms with Gasteiger partial charge in [-0.05, 0) is 24.8 Å². The number of nitrogens with one attached hydrogen (secondary N) is 2. The molecule has 0 aliphatic carbocycles. The molecule has 8 bridgehead atoms. The van der Waals surface area contributed by atoms with Crippen LogP contribution in [0.15, 0.2) is 91.0 Å². The number of ether oxygens (including phenoxy) is 1. The van der Waals surface area contributed by atoms with Crippen molar-refractivity contribution in [2.24, 2.45) is 5.92 Å². The first-order valence-electron chi connectivity index (χ1n) is 25.0. The van der Waals surface area contributed by atoms with Crippen LogP contribution < -0.4 is 4.74 Å². The molecule has 2 N–H and O–H groups in total. The number of hydrogen-bond donors (Lipinski definition) is 2. The number of aromatic amines is 2. The fraction of sp³-hybridized carbons (Fsp3) is 0.429. The van der Waals surface area contributed by atoms with Gasteiger partial charge in [-0.15, -0.1) is 0 Å². The number of H-pyrrole nitrogens is 2. The van der Waals surface area contributed by atoms with Gasteiger partial charge < -0.3 is 14.7 Å².